The molecule has 0 aliphatic rings. The van der Waals surface area contributed by atoms with E-state index in [1.165, 1.54) is 0 Å². The molecule has 0 atom stereocenters. The number of anilines is 2. The van der Waals surface area contributed by atoms with Crippen LogP contribution >= 0.6 is 23.2 Å². The molecule has 1 heterocycles. The van der Waals surface area contributed by atoms with Gasteiger partial charge in [0.05, 0.1) is 10.9 Å². The summed E-state index contributed by atoms with van der Waals surface area (Å²) >= 11 is 12.1. The number of nitrogens with zero attached hydrogens (tertiary/aromatic N) is 2. The van der Waals surface area contributed by atoms with Crippen molar-refractivity contribution in [2.24, 2.45) is 0 Å². The fourth-order valence-corrected chi connectivity index (χ4v) is 2.71. The third-order valence-corrected chi connectivity index (χ3v) is 3.38. The third-order valence-electron chi connectivity index (χ3n) is 2.94. The molecule has 0 saturated heterocycles. The van der Waals surface area contributed by atoms with Gasteiger partial charge < -0.3 is 11.5 Å². The number of nitrogen functional groups attached to an aromatic ring is 2. The summed E-state index contributed by atoms with van der Waals surface area (Å²) in [4.78, 5) is 8.20. The van der Waals surface area contributed by atoms with Gasteiger partial charge in [-0.25, -0.2) is 4.98 Å². The van der Waals surface area contributed by atoms with Gasteiger partial charge in [0, 0.05) is 10.0 Å². The van der Waals surface area contributed by atoms with Gasteiger partial charge in [-0.15, -0.1) is 0 Å². The fraction of sp³-hybridized carbons (Fsp3) is 0. The maximum absolute atomic E-state index is 6.05. The first-order valence-corrected chi connectivity index (χ1v) is 6.58. The number of rotatable bonds is 1. The van der Waals surface area contributed by atoms with Crippen molar-refractivity contribution in [3.8, 4) is 11.1 Å². The zero-order chi connectivity index (χ0) is 14.3. The minimum Gasteiger partial charge on any atom is -0.383 e. The van der Waals surface area contributed by atoms with Crippen LogP contribution in [-0.4, -0.2) is 9.97 Å². The molecule has 0 saturated carbocycles. The van der Waals surface area contributed by atoms with Crippen molar-refractivity contribution in [1.29, 1.82) is 0 Å². The van der Waals surface area contributed by atoms with Gasteiger partial charge in [0.2, 0.25) is 5.95 Å². The predicted octanol–water partition coefficient (Wildman–Crippen LogP) is 3.77. The monoisotopic (exact) mass is 304 g/mol. The van der Waals surface area contributed by atoms with Gasteiger partial charge in [0.25, 0.3) is 0 Å². The molecule has 1 aromatic heterocycles. The number of nitrogens with two attached hydrogens (primary N) is 2. The summed E-state index contributed by atoms with van der Waals surface area (Å²) in [6.07, 6.45) is 0. The summed E-state index contributed by atoms with van der Waals surface area (Å²) in [7, 11) is 0. The molecule has 3 aromatic rings. The van der Waals surface area contributed by atoms with E-state index in [2.05, 4.69) is 9.97 Å². The van der Waals surface area contributed by atoms with Crippen LogP contribution < -0.4 is 11.5 Å². The molecule has 3 rings (SSSR count). The molecule has 4 nitrogen and oxygen atoms in total. The van der Waals surface area contributed by atoms with Crippen LogP contribution in [0.5, 0.6) is 0 Å². The van der Waals surface area contributed by atoms with E-state index >= 15 is 0 Å². The molecule has 0 aliphatic carbocycles. The number of hydrogen-bond donors (Lipinski definition) is 2. The molecule has 4 N–H and O–H groups in total. The lowest BCUT2D eigenvalue weighted by atomic mass is 10.0. The fourth-order valence-electron chi connectivity index (χ4n) is 2.18. The molecule has 0 bridgehead atoms. The predicted molar refractivity (Wildman–Crippen MR) is 83.8 cm³/mol. The van der Waals surface area contributed by atoms with Crippen LogP contribution in [0, 0.1) is 0 Å². The van der Waals surface area contributed by atoms with Crippen molar-refractivity contribution in [3.63, 3.8) is 0 Å². The van der Waals surface area contributed by atoms with Crippen molar-refractivity contribution in [1.82, 2.24) is 9.97 Å². The second-order valence-electron chi connectivity index (χ2n) is 4.32. The molecule has 0 fully saturated rings. The highest BCUT2D eigenvalue weighted by molar-refractivity contribution is 6.35. The normalized spacial score (nSPS) is 10.9. The van der Waals surface area contributed by atoms with Crippen molar-refractivity contribution in [2.75, 3.05) is 11.5 Å². The molecule has 2 aromatic carbocycles. The highest BCUT2D eigenvalue weighted by Crippen LogP contribution is 2.34. The topological polar surface area (TPSA) is 77.8 Å². The van der Waals surface area contributed by atoms with Gasteiger partial charge in [-0.1, -0.05) is 35.3 Å². The zero-order valence-electron chi connectivity index (χ0n) is 10.3. The molecule has 100 valence electrons. The van der Waals surface area contributed by atoms with Crippen LogP contribution in [0.1, 0.15) is 0 Å². The van der Waals surface area contributed by atoms with E-state index in [4.69, 9.17) is 34.7 Å². The zero-order valence-corrected chi connectivity index (χ0v) is 11.8. The lowest BCUT2D eigenvalue weighted by Crippen LogP contribution is -2.01. The van der Waals surface area contributed by atoms with Crippen molar-refractivity contribution in [3.05, 3.63) is 46.4 Å². The van der Waals surface area contributed by atoms with Crippen LogP contribution in [0.2, 0.25) is 10.0 Å². The van der Waals surface area contributed by atoms with Gasteiger partial charge in [-0.3, -0.25) is 0 Å². The number of aromatic nitrogens is 2. The Morgan fingerprint density at radius 2 is 1.60 bits per heavy atom. The van der Waals surface area contributed by atoms with E-state index < -0.39 is 0 Å². The largest absolute Gasteiger partial charge is 0.383 e. The summed E-state index contributed by atoms with van der Waals surface area (Å²) in [6, 6.07) is 10.9. The first-order valence-electron chi connectivity index (χ1n) is 5.83. The van der Waals surface area contributed by atoms with Crippen molar-refractivity contribution in [2.45, 2.75) is 0 Å². The smallest absolute Gasteiger partial charge is 0.222 e. The molecule has 6 heteroatoms. The van der Waals surface area contributed by atoms with Crippen LogP contribution in [0.25, 0.3) is 22.0 Å². The van der Waals surface area contributed by atoms with Gasteiger partial charge >= 0.3 is 0 Å². The first kappa shape index (κ1) is 13.0. The summed E-state index contributed by atoms with van der Waals surface area (Å²) in [5.41, 5.74) is 14.0. The standard InChI is InChI=1S/C14H10Cl2N4/c15-8-4-7(5-9(16)6-8)10-2-1-3-11-12(10)13(17)20-14(18)19-11/h1-6H,(H4,17,18,19,20). The van der Waals surface area contributed by atoms with Gasteiger partial charge in [0.1, 0.15) is 5.82 Å². The molecule has 0 spiro atoms. The second-order valence-corrected chi connectivity index (χ2v) is 5.20. The third kappa shape index (κ3) is 2.24. The maximum atomic E-state index is 6.05. The van der Waals surface area contributed by atoms with Crippen LogP contribution in [0.15, 0.2) is 36.4 Å². The Labute approximate surface area is 125 Å². The van der Waals surface area contributed by atoms with E-state index in [0.717, 1.165) is 16.5 Å². The lowest BCUT2D eigenvalue weighted by molar-refractivity contribution is 1.25. The highest BCUT2D eigenvalue weighted by atomic mass is 35.5. The molecule has 0 radical (unpaired) electrons. The molecule has 0 unspecified atom stereocenters. The number of halogens is 2. The van der Waals surface area contributed by atoms with Gasteiger partial charge in [-0.05, 0) is 35.4 Å². The maximum Gasteiger partial charge on any atom is 0.222 e. The quantitative estimate of drug-likeness (QED) is 0.717. The first-order chi connectivity index (χ1) is 9.54. The van der Waals surface area contributed by atoms with E-state index in [9.17, 15) is 0 Å². The summed E-state index contributed by atoms with van der Waals surface area (Å²) in [5.74, 6) is 0.482. The average Bonchev–Trinajstić information content (AvgIpc) is 2.36. The molecular formula is C14H10Cl2N4. The molecule has 0 amide bonds. The summed E-state index contributed by atoms with van der Waals surface area (Å²) in [6.45, 7) is 0. The Bertz CT molecular complexity index is 797. The number of benzene rings is 2. The van der Waals surface area contributed by atoms with Crippen LogP contribution in [-0.2, 0) is 0 Å². The minimum atomic E-state index is 0.149. The second kappa shape index (κ2) is 4.81. The lowest BCUT2D eigenvalue weighted by Gasteiger charge is -2.09. The van der Waals surface area contributed by atoms with Crippen molar-refractivity contribution < 1.29 is 0 Å². The van der Waals surface area contributed by atoms with Gasteiger partial charge in [-0.2, -0.15) is 4.98 Å². The Balaban J connectivity index is 2.36. The molecular weight excluding hydrogens is 295 g/mol. The minimum absolute atomic E-state index is 0.149. The van der Waals surface area contributed by atoms with E-state index in [0.29, 0.717) is 21.4 Å². The Morgan fingerprint density at radius 3 is 2.30 bits per heavy atom. The van der Waals surface area contributed by atoms with Crippen LogP contribution in [0.4, 0.5) is 11.8 Å². The van der Waals surface area contributed by atoms with Crippen molar-refractivity contribution >= 4 is 45.9 Å². The highest BCUT2D eigenvalue weighted by Gasteiger charge is 2.11. The Kier molecular flexibility index (Phi) is 3.12. The Hall–Kier alpha value is -2.04. The summed E-state index contributed by atoms with van der Waals surface area (Å²) < 4.78 is 0. The summed E-state index contributed by atoms with van der Waals surface area (Å²) in [5, 5.41) is 1.85. The van der Waals surface area contributed by atoms with E-state index in [1.54, 1.807) is 6.07 Å². The van der Waals surface area contributed by atoms with Crippen LogP contribution in [0.3, 0.4) is 0 Å². The Morgan fingerprint density at radius 1 is 0.900 bits per heavy atom. The number of hydrogen-bond acceptors (Lipinski definition) is 4. The number of fused-ring (bicyclic) bond motifs is 1. The SMILES string of the molecule is Nc1nc(N)c2c(-c3cc(Cl)cc(Cl)c3)cccc2n1. The molecule has 20 heavy (non-hydrogen) atoms. The van der Waals surface area contributed by atoms with E-state index in [-0.39, 0.29) is 5.95 Å². The van der Waals surface area contributed by atoms with Gasteiger partial charge in [0.15, 0.2) is 0 Å². The average molecular weight is 305 g/mol. The van der Waals surface area contributed by atoms with E-state index in [1.807, 2.05) is 30.3 Å². The molecule has 0 aliphatic heterocycles.